The summed E-state index contributed by atoms with van der Waals surface area (Å²) in [6, 6.07) is 8.11. The van der Waals surface area contributed by atoms with E-state index in [9.17, 15) is 19.8 Å². The number of hydrogen-bond acceptors (Lipinski definition) is 7. The van der Waals surface area contributed by atoms with Gasteiger partial charge in [-0.3, -0.25) is 4.79 Å². The lowest BCUT2D eigenvalue weighted by atomic mass is 9.76. The van der Waals surface area contributed by atoms with E-state index < -0.39 is 5.60 Å². The maximum Gasteiger partial charge on any atom is 0.352 e. The van der Waals surface area contributed by atoms with Crippen molar-refractivity contribution in [2.45, 2.75) is 186 Å². The second-order valence-corrected chi connectivity index (χ2v) is 22.5. The van der Waals surface area contributed by atoms with Gasteiger partial charge in [0.15, 0.2) is 0 Å². The molecule has 2 aromatic carbocycles. The van der Waals surface area contributed by atoms with Crippen molar-refractivity contribution in [2.24, 2.45) is 0 Å². The molecule has 2 aromatic rings. The Morgan fingerprint density at radius 3 is 1.20 bits per heavy atom. The normalized spacial score (nSPS) is 18.9. The van der Waals surface area contributed by atoms with Gasteiger partial charge in [0.2, 0.25) is 5.60 Å². The summed E-state index contributed by atoms with van der Waals surface area (Å²) >= 11 is 1.99. The van der Waals surface area contributed by atoms with Crippen molar-refractivity contribution < 1.29 is 29.3 Å². The minimum Gasteiger partial charge on any atom is -0.507 e. The van der Waals surface area contributed by atoms with Gasteiger partial charge in [-0.25, -0.2) is 4.79 Å². The molecule has 0 unspecified atom stereocenters. The number of cyclic esters (lactones) is 1. The fourth-order valence-electron chi connectivity index (χ4n) is 7.29. The Morgan fingerprint density at radius 2 is 0.980 bits per heavy atom. The second-order valence-electron chi connectivity index (χ2n) is 20.1. The zero-order chi connectivity index (χ0) is 38.6. The van der Waals surface area contributed by atoms with Crippen LogP contribution in [0, 0.1) is 0 Å². The maximum absolute atomic E-state index is 12.8. The van der Waals surface area contributed by atoms with Crippen molar-refractivity contribution >= 4 is 23.7 Å². The first kappa shape index (κ1) is 41.7. The number of ether oxygens (including phenoxy) is 2. The van der Waals surface area contributed by atoms with Gasteiger partial charge in [0.1, 0.15) is 17.6 Å². The molecule has 2 fully saturated rings. The molecule has 50 heavy (non-hydrogen) atoms. The van der Waals surface area contributed by atoms with E-state index in [2.05, 4.69) is 111 Å². The minimum absolute atomic E-state index is 0.0961. The quantitative estimate of drug-likeness (QED) is 0.235. The van der Waals surface area contributed by atoms with Crippen LogP contribution < -0.4 is 0 Å². The molecule has 2 N–H and O–H groups in total. The van der Waals surface area contributed by atoms with E-state index >= 15 is 0 Å². The average molecular weight is 711 g/mol. The molecular weight excluding hydrogens is 645 g/mol. The summed E-state index contributed by atoms with van der Waals surface area (Å²) in [5, 5.41) is 22.2. The van der Waals surface area contributed by atoms with Crippen LogP contribution in [0.4, 0.5) is 0 Å². The Balaban J connectivity index is 0.000000403. The molecule has 0 aliphatic carbocycles. The standard InChI is InChI=1S/C32H46O4.C11H20O2S/c1-28(2,3)21-13-19(14-22(25(21)33)29(4,5)6)17-32(27(35)36-32)18-20-15-23(30(7,8)9)26(34)24(16-20)31(10,11)12;1-8(12)13-9-6-10(2,3)14-11(4,5)7-9/h13-16,33-34H,17-18H2,1-12H3;9H,6-7H2,1-5H3. The molecule has 0 atom stereocenters. The number of rotatable bonds is 5. The molecule has 7 heteroatoms. The zero-order valence-electron chi connectivity index (χ0n) is 34.2. The first-order valence-corrected chi connectivity index (χ1v) is 18.9. The Labute approximate surface area is 307 Å². The van der Waals surface area contributed by atoms with Crippen molar-refractivity contribution in [3.05, 3.63) is 57.6 Å². The molecule has 0 amide bonds. The van der Waals surface area contributed by atoms with E-state index in [1.165, 1.54) is 6.92 Å². The number of aromatic hydroxyl groups is 2. The molecule has 0 radical (unpaired) electrons. The number of carbonyl (C=O) groups is 2. The van der Waals surface area contributed by atoms with E-state index in [1.54, 1.807) is 0 Å². The number of hydrogen-bond donors (Lipinski definition) is 2. The Morgan fingerprint density at radius 1 is 0.700 bits per heavy atom. The molecule has 2 aliphatic rings. The van der Waals surface area contributed by atoms with Crippen LogP contribution in [0.1, 0.15) is 164 Å². The lowest BCUT2D eigenvalue weighted by Gasteiger charge is -2.43. The highest BCUT2D eigenvalue weighted by molar-refractivity contribution is 8.02. The summed E-state index contributed by atoms with van der Waals surface area (Å²) in [5.74, 6) is 0.305. The van der Waals surface area contributed by atoms with Gasteiger partial charge in [0.05, 0.1) is 0 Å². The third-order valence-corrected chi connectivity index (χ3v) is 10.9. The predicted molar refractivity (Wildman–Crippen MR) is 208 cm³/mol. The van der Waals surface area contributed by atoms with Crippen LogP contribution in [0.2, 0.25) is 0 Å². The monoisotopic (exact) mass is 710 g/mol. The van der Waals surface area contributed by atoms with Crippen LogP contribution in [-0.4, -0.2) is 43.4 Å². The Kier molecular flexibility index (Phi) is 11.4. The second kappa shape index (κ2) is 13.7. The molecule has 2 saturated heterocycles. The molecule has 2 heterocycles. The predicted octanol–water partition coefficient (Wildman–Crippen LogP) is 10.4. The van der Waals surface area contributed by atoms with Gasteiger partial charge in [-0.15, -0.1) is 11.8 Å². The van der Waals surface area contributed by atoms with Crippen molar-refractivity contribution in [1.29, 1.82) is 0 Å². The number of thioether (sulfide) groups is 1. The lowest BCUT2D eigenvalue weighted by molar-refractivity contribution is -0.147. The molecule has 0 spiro atoms. The third-order valence-electron chi connectivity index (χ3n) is 9.49. The smallest absolute Gasteiger partial charge is 0.352 e. The topological polar surface area (TPSA) is 96.4 Å². The van der Waals surface area contributed by atoms with Crippen molar-refractivity contribution in [1.82, 2.24) is 0 Å². The Hall–Kier alpha value is -2.67. The van der Waals surface area contributed by atoms with Crippen molar-refractivity contribution in [3.8, 4) is 11.5 Å². The van der Waals surface area contributed by atoms with E-state index in [1.807, 2.05) is 36.0 Å². The van der Waals surface area contributed by atoms with Gasteiger partial charge in [0, 0.05) is 29.3 Å². The van der Waals surface area contributed by atoms with Crippen LogP contribution in [0.15, 0.2) is 24.3 Å². The highest BCUT2D eigenvalue weighted by Gasteiger charge is 2.58. The first-order valence-electron chi connectivity index (χ1n) is 18.1. The molecule has 6 nitrogen and oxygen atoms in total. The van der Waals surface area contributed by atoms with E-state index in [0.29, 0.717) is 24.3 Å². The number of epoxide rings is 1. The highest BCUT2D eigenvalue weighted by atomic mass is 32.2. The minimum atomic E-state index is -0.928. The summed E-state index contributed by atoms with van der Waals surface area (Å²) in [4.78, 5) is 23.7. The molecular formula is C43H66O6S. The van der Waals surface area contributed by atoms with Crippen LogP contribution >= 0.6 is 11.8 Å². The van der Waals surface area contributed by atoms with Crippen LogP contribution in [0.5, 0.6) is 11.5 Å². The summed E-state index contributed by atoms with van der Waals surface area (Å²) in [6.45, 7) is 35.4. The summed E-state index contributed by atoms with van der Waals surface area (Å²) < 4.78 is 11.4. The van der Waals surface area contributed by atoms with Gasteiger partial charge in [0.25, 0.3) is 0 Å². The van der Waals surface area contributed by atoms with Crippen LogP contribution in [0.3, 0.4) is 0 Å². The third kappa shape index (κ3) is 10.4. The van der Waals surface area contributed by atoms with E-state index in [0.717, 1.165) is 46.2 Å². The van der Waals surface area contributed by atoms with Gasteiger partial charge in [-0.05, 0) is 67.9 Å². The highest BCUT2D eigenvalue weighted by Crippen LogP contribution is 2.48. The molecule has 2 aliphatic heterocycles. The lowest BCUT2D eigenvalue weighted by Crippen LogP contribution is -2.41. The van der Waals surface area contributed by atoms with Gasteiger partial charge >= 0.3 is 11.9 Å². The molecule has 4 rings (SSSR count). The zero-order valence-corrected chi connectivity index (χ0v) is 35.0. The van der Waals surface area contributed by atoms with E-state index in [4.69, 9.17) is 9.47 Å². The van der Waals surface area contributed by atoms with Gasteiger partial charge in [-0.2, -0.15) is 0 Å². The number of benzene rings is 2. The van der Waals surface area contributed by atoms with E-state index in [-0.39, 0.29) is 49.2 Å². The number of esters is 1. The van der Waals surface area contributed by atoms with Gasteiger partial charge < -0.3 is 19.7 Å². The SMILES string of the molecule is CC(=O)OC1CC(C)(C)SC(C)(C)C1.CC(C)(C)c1cc(CC2(Cc3cc(C(C)(C)C)c(O)c(C(C)(C)C)c3)OC2=O)cc(C(C)(C)C)c1O. The number of phenols is 2. The molecule has 0 aromatic heterocycles. The largest absolute Gasteiger partial charge is 0.507 e. The Bertz CT molecular complexity index is 1420. The van der Waals surface area contributed by atoms with Crippen LogP contribution in [0.25, 0.3) is 0 Å². The number of phenolic OH excluding ortho intramolecular Hbond substituents is 2. The maximum atomic E-state index is 12.8. The fraction of sp³-hybridized carbons (Fsp3) is 0.674. The first-order chi connectivity index (χ1) is 22.3. The van der Waals surface area contributed by atoms with Crippen LogP contribution in [-0.2, 0) is 53.6 Å². The average Bonchev–Trinajstić information content (AvgIpc) is 3.48. The summed E-state index contributed by atoms with van der Waals surface area (Å²) in [5.41, 5.74) is 3.56. The van der Waals surface area contributed by atoms with Gasteiger partial charge in [-0.1, -0.05) is 135 Å². The summed E-state index contributed by atoms with van der Waals surface area (Å²) in [7, 11) is 0. The fourth-order valence-corrected chi connectivity index (χ4v) is 9.32. The van der Waals surface area contributed by atoms with Crippen molar-refractivity contribution in [3.63, 3.8) is 0 Å². The molecule has 280 valence electrons. The molecule has 0 saturated carbocycles. The molecule has 0 bridgehead atoms. The van der Waals surface area contributed by atoms with Crippen molar-refractivity contribution in [2.75, 3.05) is 0 Å². The summed E-state index contributed by atoms with van der Waals surface area (Å²) in [6.07, 6.45) is 2.89. The number of carbonyl (C=O) groups excluding carboxylic acids is 2.